The van der Waals surface area contributed by atoms with Crippen LogP contribution >= 0.6 is 0 Å². The molecule has 1 heterocycles. The fraction of sp³-hybridized carbons (Fsp3) is 0.500. The molecule has 2 rings (SSSR count). The summed E-state index contributed by atoms with van der Waals surface area (Å²) in [5, 5.41) is 22.0. The van der Waals surface area contributed by atoms with E-state index in [-0.39, 0.29) is 37.7 Å². The van der Waals surface area contributed by atoms with Crippen LogP contribution in [0.5, 0.6) is 5.75 Å². The predicted octanol–water partition coefficient (Wildman–Crippen LogP) is -1.11. The normalized spacial score (nSPS) is 15.8. The number of aliphatic carboxylic acids is 2. The maximum atomic E-state index is 12.7. The van der Waals surface area contributed by atoms with Crippen LogP contribution in [-0.2, 0) is 29.4 Å². The second kappa shape index (κ2) is 11.2. The number of carboxylic acid groups (broad SMARTS) is 2. The van der Waals surface area contributed by atoms with E-state index in [1.54, 1.807) is 6.92 Å². The molecule has 0 bridgehead atoms. The highest BCUT2D eigenvalue weighted by Crippen LogP contribution is 2.21. The maximum Gasteiger partial charge on any atom is 0.337 e. The highest BCUT2D eigenvalue weighted by Gasteiger charge is 2.52. The molecule has 1 aromatic carbocycles. The SMILES string of the molecule is CC#CCOc1ccc(S(=O)(=O)CNCC(C(=O)O)(C(=O)O)N2CCN(S(C)(=O)=O)CC2)cc1. The van der Waals surface area contributed by atoms with Gasteiger partial charge in [0.25, 0.3) is 0 Å². The minimum atomic E-state index is -3.92. The van der Waals surface area contributed by atoms with E-state index in [0.29, 0.717) is 5.75 Å². The smallest absolute Gasteiger partial charge is 0.337 e. The molecule has 0 amide bonds. The third kappa shape index (κ3) is 6.45. The molecular formula is C20H27N3O9S2. The Morgan fingerprint density at radius 2 is 1.62 bits per heavy atom. The highest BCUT2D eigenvalue weighted by atomic mass is 32.2. The van der Waals surface area contributed by atoms with Crippen molar-refractivity contribution in [2.24, 2.45) is 0 Å². The zero-order chi connectivity index (χ0) is 25.6. The standard InChI is InChI=1S/C20H27N3O9S2/c1-3-4-13-32-16-5-7-17(8-6-16)34(30,31)15-21-14-20(18(24)25,19(26)27)22-9-11-23(12-10-22)33(2,28)29/h5-8,21H,9-15H2,1-2H3,(H,24,25)(H,26,27). The molecule has 1 aliphatic rings. The largest absolute Gasteiger partial charge is 0.481 e. The van der Waals surface area contributed by atoms with Crippen molar-refractivity contribution >= 4 is 31.8 Å². The molecule has 1 fully saturated rings. The summed E-state index contributed by atoms with van der Waals surface area (Å²) in [6.07, 6.45) is 1.01. The van der Waals surface area contributed by atoms with Crippen molar-refractivity contribution in [2.45, 2.75) is 17.4 Å². The number of sulfonamides is 1. The number of ether oxygens (including phenoxy) is 1. The van der Waals surface area contributed by atoms with Crippen LogP contribution in [-0.4, -0.2) is 105 Å². The molecule has 1 saturated heterocycles. The lowest BCUT2D eigenvalue weighted by Gasteiger charge is -2.42. The average molecular weight is 518 g/mol. The summed E-state index contributed by atoms with van der Waals surface area (Å²) in [6, 6.07) is 5.53. The van der Waals surface area contributed by atoms with E-state index in [1.807, 2.05) is 0 Å². The van der Waals surface area contributed by atoms with Crippen LogP contribution in [0.1, 0.15) is 6.92 Å². The minimum absolute atomic E-state index is 0.0630. The molecule has 12 nitrogen and oxygen atoms in total. The van der Waals surface area contributed by atoms with E-state index in [0.717, 1.165) is 15.5 Å². The number of piperazine rings is 1. The third-order valence-electron chi connectivity index (χ3n) is 5.30. The number of nitrogens with one attached hydrogen (secondary N) is 1. The first-order valence-corrected chi connectivity index (χ1v) is 13.6. The molecule has 0 saturated carbocycles. The van der Waals surface area contributed by atoms with E-state index in [9.17, 15) is 36.6 Å². The molecule has 3 N–H and O–H groups in total. The molecule has 0 spiro atoms. The molecule has 0 atom stereocenters. The first kappa shape index (κ1) is 27.5. The van der Waals surface area contributed by atoms with Crippen molar-refractivity contribution in [2.75, 3.05) is 51.5 Å². The summed E-state index contributed by atoms with van der Waals surface area (Å²) in [6.45, 7) is 0.621. The zero-order valence-electron chi connectivity index (χ0n) is 18.7. The Kier molecular flexibility index (Phi) is 9.03. The Morgan fingerprint density at radius 3 is 2.09 bits per heavy atom. The van der Waals surface area contributed by atoms with Gasteiger partial charge in [-0.15, -0.1) is 5.92 Å². The topological polar surface area (TPSA) is 171 Å². The molecule has 188 valence electrons. The van der Waals surface area contributed by atoms with E-state index < -0.39 is 49.8 Å². The number of carbonyl (C=O) groups is 2. The van der Waals surface area contributed by atoms with Crippen LogP contribution in [0.15, 0.2) is 29.2 Å². The van der Waals surface area contributed by atoms with Crippen molar-refractivity contribution in [1.82, 2.24) is 14.5 Å². The monoisotopic (exact) mass is 517 g/mol. The predicted molar refractivity (Wildman–Crippen MR) is 121 cm³/mol. The Labute approximate surface area is 198 Å². The van der Waals surface area contributed by atoms with Gasteiger partial charge in [-0.2, -0.15) is 4.31 Å². The molecule has 0 radical (unpaired) electrons. The molecule has 34 heavy (non-hydrogen) atoms. The van der Waals surface area contributed by atoms with Gasteiger partial charge in [0.15, 0.2) is 9.84 Å². The van der Waals surface area contributed by atoms with Crippen molar-refractivity contribution in [3.63, 3.8) is 0 Å². The number of carboxylic acids is 2. The average Bonchev–Trinajstić information content (AvgIpc) is 2.76. The van der Waals surface area contributed by atoms with E-state index in [4.69, 9.17) is 4.74 Å². The number of sulfone groups is 1. The Balaban J connectivity index is 2.11. The fourth-order valence-electron chi connectivity index (χ4n) is 3.41. The van der Waals surface area contributed by atoms with Crippen molar-refractivity contribution in [3.05, 3.63) is 24.3 Å². The van der Waals surface area contributed by atoms with Crippen molar-refractivity contribution in [1.29, 1.82) is 0 Å². The van der Waals surface area contributed by atoms with E-state index in [2.05, 4.69) is 17.2 Å². The van der Waals surface area contributed by atoms with Gasteiger partial charge in [0.05, 0.1) is 11.2 Å². The van der Waals surface area contributed by atoms with E-state index >= 15 is 0 Å². The quantitative estimate of drug-likeness (QED) is 0.240. The minimum Gasteiger partial charge on any atom is -0.481 e. The van der Waals surface area contributed by atoms with Crippen LogP contribution in [0.3, 0.4) is 0 Å². The molecule has 1 aromatic rings. The number of hydrogen-bond acceptors (Lipinski definition) is 9. The number of rotatable bonds is 11. The molecule has 14 heteroatoms. The third-order valence-corrected chi connectivity index (χ3v) is 8.18. The van der Waals surface area contributed by atoms with Gasteiger partial charge in [-0.05, 0) is 31.2 Å². The second-order valence-corrected chi connectivity index (χ2v) is 11.5. The maximum absolute atomic E-state index is 12.7. The lowest BCUT2D eigenvalue weighted by atomic mass is 9.96. The summed E-state index contributed by atoms with van der Waals surface area (Å²) in [5.74, 6) is 1.70. The summed E-state index contributed by atoms with van der Waals surface area (Å²) in [5.41, 5.74) is -2.48. The van der Waals surface area contributed by atoms with Crippen molar-refractivity contribution < 1.29 is 41.4 Å². The van der Waals surface area contributed by atoms with Gasteiger partial charge < -0.3 is 20.3 Å². The van der Waals surface area contributed by atoms with Crippen LogP contribution < -0.4 is 10.1 Å². The zero-order valence-corrected chi connectivity index (χ0v) is 20.4. The molecule has 0 aromatic heterocycles. The fourth-order valence-corrected chi connectivity index (χ4v) is 5.33. The van der Waals surface area contributed by atoms with Gasteiger partial charge in [0, 0.05) is 32.7 Å². The number of nitrogens with zero attached hydrogens (tertiary/aromatic N) is 2. The van der Waals surface area contributed by atoms with Gasteiger partial charge in [-0.3, -0.25) is 4.90 Å². The summed E-state index contributed by atoms with van der Waals surface area (Å²) in [4.78, 5) is 25.2. The summed E-state index contributed by atoms with van der Waals surface area (Å²) >= 11 is 0. The van der Waals surface area contributed by atoms with Gasteiger partial charge in [-0.25, -0.2) is 26.4 Å². The summed E-state index contributed by atoms with van der Waals surface area (Å²) in [7, 11) is -7.43. The highest BCUT2D eigenvalue weighted by molar-refractivity contribution is 7.91. The van der Waals surface area contributed by atoms with Crippen LogP contribution in [0.2, 0.25) is 0 Å². The Hall–Kier alpha value is -2.70. The van der Waals surface area contributed by atoms with E-state index in [1.165, 1.54) is 24.3 Å². The Morgan fingerprint density at radius 1 is 1.06 bits per heavy atom. The first-order valence-electron chi connectivity index (χ1n) is 10.1. The lowest BCUT2D eigenvalue weighted by Crippen LogP contribution is -2.69. The van der Waals surface area contributed by atoms with Gasteiger partial charge in [0.2, 0.25) is 15.6 Å². The lowest BCUT2D eigenvalue weighted by molar-refractivity contribution is -0.168. The molecular weight excluding hydrogens is 490 g/mol. The first-order chi connectivity index (χ1) is 15.8. The summed E-state index contributed by atoms with van der Waals surface area (Å²) < 4.78 is 55.1. The van der Waals surface area contributed by atoms with Crippen LogP contribution in [0.25, 0.3) is 0 Å². The van der Waals surface area contributed by atoms with Crippen LogP contribution in [0, 0.1) is 11.8 Å². The van der Waals surface area contributed by atoms with Gasteiger partial charge >= 0.3 is 11.9 Å². The number of benzene rings is 1. The van der Waals surface area contributed by atoms with Gasteiger partial charge in [0.1, 0.15) is 18.2 Å². The molecule has 0 unspecified atom stereocenters. The number of hydrogen-bond donors (Lipinski definition) is 3. The van der Waals surface area contributed by atoms with Crippen molar-refractivity contribution in [3.8, 4) is 17.6 Å². The second-order valence-electron chi connectivity index (χ2n) is 7.49. The molecule has 0 aliphatic carbocycles. The van der Waals surface area contributed by atoms with Crippen LogP contribution in [0.4, 0.5) is 0 Å². The Bertz CT molecular complexity index is 1150. The van der Waals surface area contributed by atoms with Gasteiger partial charge in [-0.1, -0.05) is 5.92 Å². The molecule has 1 aliphatic heterocycles.